The number of nitrogens with zero attached hydrogens (tertiary/aromatic N) is 2. The molecule has 1 amide bonds. The molecule has 3 aromatic rings. The smallest absolute Gasteiger partial charge is 0.272 e. The van der Waals surface area contributed by atoms with Crippen LogP contribution in [0.5, 0.6) is 5.75 Å². The van der Waals surface area contributed by atoms with Crippen molar-refractivity contribution in [2.45, 2.75) is 32.4 Å². The lowest BCUT2D eigenvalue weighted by Crippen LogP contribution is -2.33. The Bertz CT molecular complexity index is 1020. The van der Waals surface area contributed by atoms with Gasteiger partial charge in [0, 0.05) is 17.8 Å². The highest BCUT2D eigenvalue weighted by atomic mass is 16.5. The molecular weight excluding hydrogens is 376 g/mol. The van der Waals surface area contributed by atoms with E-state index >= 15 is 0 Å². The van der Waals surface area contributed by atoms with E-state index in [1.54, 1.807) is 11.0 Å². The maximum atomic E-state index is 13.0. The lowest BCUT2D eigenvalue weighted by Gasteiger charge is -2.20. The SMILES string of the molecule is Cc1cccc(C(=O)N2CCOc3ccc([C@@H](O)CCc4ccccc4)cc3C2)n1. The van der Waals surface area contributed by atoms with Gasteiger partial charge < -0.3 is 14.7 Å². The van der Waals surface area contributed by atoms with Crippen molar-refractivity contribution in [1.29, 1.82) is 0 Å². The number of benzene rings is 2. The van der Waals surface area contributed by atoms with Crippen molar-refractivity contribution < 1.29 is 14.6 Å². The van der Waals surface area contributed by atoms with Gasteiger partial charge in [0.2, 0.25) is 0 Å². The van der Waals surface area contributed by atoms with E-state index in [0.29, 0.717) is 31.8 Å². The predicted molar refractivity (Wildman–Crippen MR) is 115 cm³/mol. The number of pyridine rings is 1. The highest BCUT2D eigenvalue weighted by molar-refractivity contribution is 5.92. The minimum absolute atomic E-state index is 0.106. The molecule has 4 rings (SSSR count). The number of ether oxygens (including phenoxy) is 1. The molecule has 0 aliphatic carbocycles. The molecule has 0 radical (unpaired) electrons. The number of aliphatic hydroxyl groups excluding tert-OH is 1. The third-order valence-electron chi connectivity index (χ3n) is 5.39. The normalized spacial score (nSPS) is 14.4. The van der Waals surface area contributed by atoms with Gasteiger partial charge in [-0.3, -0.25) is 4.79 Å². The number of aliphatic hydroxyl groups is 1. The largest absolute Gasteiger partial charge is 0.491 e. The lowest BCUT2D eigenvalue weighted by molar-refractivity contribution is 0.0727. The van der Waals surface area contributed by atoms with Crippen LogP contribution in [0.25, 0.3) is 0 Å². The van der Waals surface area contributed by atoms with Gasteiger partial charge >= 0.3 is 0 Å². The number of aryl methyl sites for hydroxylation is 2. The van der Waals surface area contributed by atoms with E-state index in [4.69, 9.17) is 4.74 Å². The van der Waals surface area contributed by atoms with Crippen molar-refractivity contribution >= 4 is 5.91 Å². The molecule has 2 heterocycles. The number of aromatic nitrogens is 1. The molecule has 2 aromatic carbocycles. The second kappa shape index (κ2) is 9.09. The standard InChI is InChI=1S/C25H26N2O3/c1-18-6-5-9-22(26-18)25(29)27-14-15-30-24-13-11-20(16-21(24)17-27)23(28)12-10-19-7-3-2-4-8-19/h2-9,11,13,16,23,28H,10,12,14-15,17H2,1H3/t23-/m0/s1. The van der Waals surface area contributed by atoms with Gasteiger partial charge in [0.15, 0.2) is 0 Å². The van der Waals surface area contributed by atoms with Crippen LogP contribution in [0.1, 0.15) is 45.4 Å². The van der Waals surface area contributed by atoms with Gasteiger partial charge in [-0.25, -0.2) is 4.98 Å². The molecule has 0 saturated heterocycles. The molecule has 1 atom stereocenters. The fourth-order valence-electron chi connectivity index (χ4n) is 3.73. The Labute approximate surface area is 177 Å². The number of carbonyl (C=O) groups is 1. The number of fused-ring (bicyclic) bond motifs is 1. The molecule has 0 spiro atoms. The fourth-order valence-corrected chi connectivity index (χ4v) is 3.73. The van der Waals surface area contributed by atoms with Crippen molar-refractivity contribution in [3.8, 4) is 5.75 Å². The Hall–Kier alpha value is -3.18. The zero-order valence-electron chi connectivity index (χ0n) is 17.1. The molecule has 1 aliphatic rings. The summed E-state index contributed by atoms with van der Waals surface area (Å²) >= 11 is 0. The quantitative estimate of drug-likeness (QED) is 0.698. The molecule has 5 nitrogen and oxygen atoms in total. The minimum atomic E-state index is -0.568. The van der Waals surface area contributed by atoms with E-state index in [1.807, 2.05) is 55.5 Å². The van der Waals surface area contributed by atoms with Crippen LogP contribution in [0.15, 0.2) is 66.7 Å². The van der Waals surface area contributed by atoms with E-state index < -0.39 is 6.10 Å². The Morgan fingerprint density at radius 3 is 2.77 bits per heavy atom. The maximum absolute atomic E-state index is 13.0. The lowest BCUT2D eigenvalue weighted by atomic mass is 9.99. The molecule has 154 valence electrons. The molecule has 1 aromatic heterocycles. The van der Waals surface area contributed by atoms with E-state index in [-0.39, 0.29) is 5.91 Å². The summed E-state index contributed by atoms with van der Waals surface area (Å²) in [6, 6.07) is 21.4. The van der Waals surface area contributed by atoms with Gasteiger partial charge in [0.1, 0.15) is 18.1 Å². The highest BCUT2D eigenvalue weighted by Gasteiger charge is 2.23. The molecule has 5 heteroatoms. The maximum Gasteiger partial charge on any atom is 0.272 e. The van der Waals surface area contributed by atoms with Crippen molar-refractivity contribution in [2.75, 3.05) is 13.2 Å². The first-order valence-corrected chi connectivity index (χ1v) is 10.3. The molecular formula is C25H26N2O3. The molecule has 0 bridgehead atoms. The number of hydrogen-bond donors (Lipinski definition) is 1. The summed E-state index contributed by atoms with van der Waals surface area (Å²) in [7, 11) is 0. The van der Waals surface area contributed by atoms with Crippen molar-refractivity contribution in [3.63, 3.8) is 0 Å². The van der Waals surface area contributed by atoms with Crippen LogP contribution in [0.4, 0.5) is 0 Å². The second-order valence-corrected chi connectivity index (χ2v) is 7.65. The van der Waals surface area contributed by atoms with Crippen molar-refractivity contribution in [1.82, 2.24) is 9.88 Å². The van der Waals surface area contributed by atoms with Crippen molar-refractivity contribution in [3.05, 3.63) is 94.8 Å². The van der Waals surface area contributed by atoms with Gasteiger partial charge in [0.25, 0.3) is 5.91 Å². The Kier molecular flexibility index (Phi) is 6.10. The summed E-state index contributed by atoms with van der Waals surface area (Å²) < 4.78 is 5.86. The zero-order chi connectivity index (χ0) is 20.9. The van der Waals surface area contributed by atoms with Crippen LogP contribution < -0.4 is 4.74 Å². The summed E-state index contributed by atoms with van der Waals surface area (Å²) in [6.07, 6.45) is 0.875. The third kappa shape index (κ3) is 4.69. The molecule has 0 saturated carbocycles. The van der Waals surface area contributed by atoms with Crippen LogP contribution >= 0.6 is 0 Å². The molecule has 0 unspecified atom stereocenters. The van der Waals surface area contributed by atoms with Crippen LogP contribution in [0, 0.1) is 6.92 Å². The van der Waals surface area contributed by atoms with E-state index in [2.05, 4.69) is 17.1 Å². The van der Waals surface area contributed by atoms with E-state index in [9.17, 15) is 9.90 Å². The first-order chi connectivity index (χ1) is 14.6. The van der Waals surface area contributed by atoms with Crippen LogP contribution in [0.2, 0.25) is 0 Å². The average Bonchev–Trinajstić information content (AvgIpc) is 2.99. The van der Waals surface area contributed by atoms with Gasteiger partial charge in [0.05, 0.1) is 12.6 Å². The number of rotatable bonds is 5. The monoisotopic (exact) mass is 402 g/mol. The number of amides is 1. The summed E-state index contributed by atoms with van der Waals surface area (Å²) in [5, 5.41) is 10.7. The van der Waals surface area contributed by atoms with E-state index in [1.165, 1.54) is 5.56 Å². The fraction of sp³-hybridized carbons (Fsp3) is 0.280. The van der Waals surface area contributed by atoms with Crippen LogP contribution in [-0.4, -0.2) is 34.0 Å². The zero-order valence-corrected chi connectivity index (χ0v) is 17.1. The Balaban J connectivity index is 1.49. The summed E-state index contributed by atoms with van der Waals surface area (Å²) in [5.74, 6) is 0.659. The first kappa shape index (κ1) is 20.1. The predicted octanol–water partition coefficient (Wildman–Crippen LogP) is 4.09. The Morgan fingerprint density at radius 2 is 1.97 bits per heavy atom. The Morgan fingerprint density at radius 1 is 1.13 bits per heavy atom. The topological polar surface area (TPSA) is 62.7 Å². The molecule has 30 heavy (non-hydrogen) atoms. The summed E-state index contributed by atoms with van der Waals surface area (Å²) in [4.78, 5) is 19.1. The van der Waals surface area contributed by atoms with Gasteiger partial charge in [-0.05, 0) is 55.2 Å². The summed E-state index contributed by atoms with van der Waals surface area (Å²) in [5.41, 5.74) is 4.21. The molecule has 1 N–H and O–H groups in total. The molecule has 0 fully saturated rings. The van der Waals surface area contributed by atoms with Gasteiger partial charge in [-0.1, -0.05) is 42.5 Å². The van der Waals surface area contributed by atoms with E-state index in [0.717, 1.165) is 29.0 Å². The van der Waals surface area contributed by atoms with Gasteiger partial charge in [-0.2, -0.15) is 0 Å². The average molecular weight is 402 g/mol. The highest BCUT2D eigenvalue weighted by Crippen LogP contribution is 2.29. The van der Waals surface area contributed by atoms with Crippen LogP contribution in [0.3, 0.4) is 0 Å². The minimum Gasteiger partial charge on any atom is -0.491 e. The number of carbonyl (C=O) groups excluding carboxylic acids is 1. The number of hydrogen-bond acceptors (Lipinski definition) is 4. The second-order valence-electron chi connectivity index (χ2n) is 7.65. The van der Waals surface area contributed by atoms with Crippen LogP contribution in [-0.2, 0) is 13.0 Å². The third-order valence-corrected chi connectivity index (χ3v) is 5.39. The van der Waals surface area contributed by atoms with Crippen molar-refractivity contribution in [2.24, 2.45) is 0 Å². The summed E-state index contributed by atoms with van der Waals surface area (Å²) in [6.45, 7) is 3.24. The van der Waals surface area contributed by atoms with Gasteiger partial charge in [-0.15, -0.1) is 0 Å². The molecule has 1 aliphatic heterocycles. The first-order valence-electron chi connectivity index (χ1n) is 10.3.